The molecule has 1 aliphatic heterocycles. The van der Waals surface area contributed by atoms with Crippen LogP contribution in [0.5, 0.6) is 0 Å². The van der Waals surface area contributed by atoms with E-state index < -0.39 is 29.1 Å². The Morgan fingerprint density at radius 3 is 2.11 bits per heavy atom. The SMILES string of the molecule is CCCCc1ccc(NC(=O)C(=O)NN=CC23c4ccccc4C(c4ccccc42)C2C(=O)N(c4ccc(Br)cc4)C(=O)C23)cc1. The maximum atomic E-state index is 14.4. The van der Waals surface area contributed by atoms with Crippen LogP contribution in [0.1, 0.15) is 53.5 Å². The summed E-state index contributed by atoms with van der Waals surface area (Å²) in [6.45, 7) is 2.13. The summed E-state index contributed by atoms with van der Waals surface area (Å²) in [6.07, 6.45) is 4.66. The zero-order valence-corrected chi connectivity index (χ0v) is 26.7. The van der Waals surface area contributed by atoms with Crippen LogP contribution in [0.25, 0.3) is 0 Å². The van der Waals surface area contributed by atoms with Gasteiger partial charge in [0.25, 0.3) is 0 Å². The summed E-state index contributed by atoms with van der Waals surface area (Å²) in [4.78, 5) is 55.7. The van der Waals surface area contributed by atoms with Crippen molar-refractivity contribution < 1.29 is 19.2 Å². The van der Waals surface area contributed by atoms with Gasteiger partial charge in [-0.05, 0) is 77.1 Å². The second kappa shape index (κ2) is 11.8. The maximum absolute atomic E-state index is 14.4. The minimum atomic E-state index is -1.17. The maximum Gasteiger partial charge on any atom is 0.329 e. The molecule has 0 saturated carbocycles. The Hall–Kier alpha value is -4.89. The molecule has 1 fully saturated rings. The largest absolute Gasteiger partial charge is 0.329 e. The van der Waals surface area contributed by atoms with E-state index in [1.165, 1.54) is 4.90 Å². The summed E-state index contributed by atoms with van der Waals surface area (Å²) in [6, 6.07) is 30.1. The first kappa shape index (κ1) is 29.8. The molecule has 230 valence electrons. The molecule has 4 aliphatic rings. The first-order valence-electron chi connectivity index (χ1n) is 15.4. The van der Waals surface area contributed by atoms with Gasteiger partial charge in [-0.2, -0.15) is 5.10 Å². The molecule has 4 aromatic rings. The van der Waals surface area contributed by atoms with Gasteiger partial charge in [0.15, 0.2) is 0 Å². The number of halogens is 1. The van der Waals surface area contributed by atoms with Crippen molar-refractivity contribution in [3.63, 3.8) is 0 Å². The molecule has 2 unspecified atom stereocenters. The lowest BCUT2D eigenvalue weighted by molar-refractivity contribution is -0.136. The normalized spacial score (nSPS) is 22.4. The number of hydrogen-bond acceptors (Lipinski definition) is 5. The lowest BCUT2D eigenvalue weighted by atomic mass is 9.47. The van der Waals surface area contributed by atoms with Crippen molar-refractivity contribution in [1.82, 2.24) is 5.43 Å². The summed E-state index contributed by atoms with van der Waals surface area (Å²) in [7, 11) is 0. The highest BCUT2D eigenvalue weighted by molar-refractivity contribution is 9.10. The molecule has 46 heavy (non-hydrogen) atoms. The van der Waals surface area contributed by atoms with Crippen LogP contribution in [0.4, 0.5) is 11.4 Å². The van der Waals surface area contributed by atoms with Crippen molar-refractivity contribution in [2.75, 3.05) is 10.2 Å². The van der Waals surface area contributed by atoms with Gasteiger partial charge in [-0.3, -0.25) is 19.2 Å². The van der Waals surface area contributed by atoms with Gasteiger partial charge >= 0.3 is 11.8 Å². The summed E-state index contributed by atoms with van der Waals surface area (Å²) in [5, 5.41) is 6.95. The number of rotatable bonds is 7. The fraction of sp³-hybridized carbons (Fsp3) is 0.216. The Bertz CT molecular complexity index is 1860. The fourth-order valence-corrected chi connectivity index (χ4v) is 7.73. The highest BCUT2D eigenvalue weighted by Crippen LogP contribution is 2.63. The van der Waals surface area contributed by atoms with E-state index >= 15 is 0 Å². The highest BCUT2D eigenvalue weighted by atomic mass is 79.9. The first-order valence-corrected chi connectivity index (χ1v) is 16.2. The third-order valence-electron chi connectivity index (χ3n) is 9.44. The molecule has 4 amide bonds. The summed E-state index contributed by atoms with van der Waals surface area (Å²) < 4.78 is 0.833. The Morgan fingerprint density at radius 2 is 1.48 bits per heavy atom. The van der Waals surface area contributed by atoms with Gasteiger partial charge in [0, 0.05) is 22.3 Å². The van der Waals surface area contributed by atoms with Crippen molar-refractivity contribution in [3.8, 4) is 0 Å². The molecular weight excluding hydrogens is 644 g/mol. The number of benzene rings is 4. The molecule has 4 aromatic carbocycles. The average Bonchev–Trinajstić information content (AvgIpc) is 3.35. The smallest absolute Gasteiger partial charge is 0.318 e. The standard InChI is InChI=1S/C37H31BrN4O4/c1-2-3-8-22-13-17-24(18-14-22)40-33(43)34(44)41-39-21-37-28-11-6-4-9-26(28)30(27-10-5-7-12-29(27)37)31-32(37)36(46)42(35(31)45)25-19-15-23(38)16-20-25/h4-7,9-21,30-32H,2-3,8H2,1H3,(H,40,43)(H,41,44). The second-order valence-electron chi connectivity index (χ2n) is 12.0. The van der Waals surface area contributed by atoms with E-state index in [4.69, 9.17) is 0 Å². The highest BCUT2D eigenvalue weighted by Gasteiger charge is 2.68. The number of nitrogens with one attached hydrogen (secondary N) is 2. The van der Waals surface area contributed by atoms with Gasteiger partial charge in [0.1, 0.15) is 0 Å². The number of imide groups is 1. The monoisotopic (exact) mass is 674 g/mol. The first-order chi connectivity index (χ1) is 22.3. The number of carbonyl (C=O) groups is 4. The van der Waals surface area contributed by atoms with Crippen LogP contribution in [-0.2, 0) is 31.0 Å². The molecule has 0 radical (unpaired) electrons. The molecule has 0 spiro atoms. The lowest BCUT2D eigenvalue weighted by Gasteiger charge is -2.52. The number of unbranched alkanes of at least 4 members (excludes halogenated alkanes) is 1. The number of hydrazone groups is 1. The molecule has 2 bridgehead atoms. The Balaban J connectivity index is 1.23. The Kier molecular flexibility index (Phi) is 7.64. The Labute approximate surface area is 275 Å². The molecule has 2 atom stereocenters. The second-order valence-corrected chi connectivity index (χ2v) is 12.9. The van der Waals surface area contributed by atoms with Gasteiger partial charge < -0.3 is 5.32 Å². The van der Waals surface area contributed by atoms with Gasteiger partial charge in [0.2, 0.25) is 11.8 Å². The summed E-state index contributed by atoms with van der Waals surface area (Å²) >= 11 is 3.43. The number of anilines is 2. The number of hydrogen-bond donors (Lipinski definition) is 2. The molecule has 8 rings (SSSR count). The van der Waals surface area contributed by atoms with Crippen LogP contribution >= 0.6 is 15.9 Å². The van der Waals surface area contributed by atoms with E-state index in [1.54, 1.807) is 42.6 Å². The minimum absolute atomic E-state index is 0.270. The number of nitrogens with zero attached hydrogens (tertiary/aromatic N) is 2. The zero-order chi connectivity index (χ0) is 32.0. The van der Waals surface area contributed by atoms with Gasteiger partial charge in [-0.25, -0.2) is 10.3 Å². The molecule has 1 heterocycles. The summed E-state index contributed by atoms with van der Waals surface area (Å²) in [5.41, 5.74) is 6.97. The quantitative estimate of drug-likeness (QED) is 0.107. The van der Waals surface area contributed by atoms with E-state index in [0.717, 1.165) is 51.6 Å². The lowest BCUT2D eigenvalue weighted by Crippen LogP contribution is -2.54. The van der Waals surface area contributed by atoms with Gasteiger partial charge in [0.05, 0.1) is 22.9 Å². The van der Waals surface area contributed by atoms with E-state index in [-0.39, 0.29) is 17.7 Å². The predicted molar refractivity (Wildman–Crippen MR) is 179 cm³/mol. The van der Waals surface area contributed by atoms with Crippen LogP contribution in [-0.4, -0.2) is 29.8 Å². The van der Waals surface area contributed by atoms with Crippen LogP contribution in [0.15, 0.2) is 107 Å². The van der Waals surface area contributed by atoms with Crippen molar-refractivity contribution in [3.05, 3.63) is 129 Å². The van der Waals surface area contributed by atoms with E-state index in [0.29, 0.717) is 11.4 Å². The molecule has 9 heteroatoms. The van der Waals surface area contributed by atoms with Crippen LogP contribution in [0.3, 0.4) is 0 Å². The number of amides is 4. The fourth-order valence-electron chi connectivity index (χ4n) is 7.46. The molecule has 8 nitrogen and oxygen atoms in total. The Morgan fingerprint density at radius 1 is 0.848 bits per heavy atom. The van der Waals surface area contributed by atoms with Gasteiger partial charge in [-0.1, -0.05) is 89.9 Å². The molecular formula is C37H31BrN4O4. The van der Waals surface area contributed by atoms with Crippen molar-refractivity contribution in [2.24, 2.45) is 16.9 Å². The third kappa shape index (κ3) is 4.69. The van der Waals surface area contributed by atoms with E-state index in [2.05, 4.69) is 38.7 Å². The summed E-state index contributed by atoms with van der Waals surface area (Å²) in [5.74, 6) is -4.22. The van der Waals surface area contributed by atoms with Crippen molar-refractivity contribution in [2.45, 2.75) is 37.5 Å². The topological polar surface area (TPSA) is 108 Å². The number of carbonyl (C=O) groups excluding carboxylic acids is 4. The molecule has 3 aliphatic carbocycles. The van der Waals surface area contributed by atoms with Crippen LogP contribution in [0.2, 0.25) is 0 Å². The third-order valence-corrected chi connectivity index (χ3v) is 9.97. The average molecular weight is 676 g/mol. The number of aryl methyl sites for hydroxylation is 1. The molecule has 2 N–H and O–H groups in total. The van der Waals surface area contributed by atoms with Crippen molar-refractivity contribution >= 4 is 57.1 Å². The molecule has 0 aromatic heterocycles. The minimum Gasteiger partial charge on any atom is -0.318 e. The van der Waals surface area contributed by atoms with E-state index in [9.17, 15) is 19.2 Å². The zero-order valence-electron chi connectivity index (χ0n) is 25.1. The molecule has 1 saturated heterocycles. The van der Waals surface area contributed by atoms with Gasteiger partial charge in [-0.15, -0.1) is 0 Å². The predicted octanol–water partition coefficient (Wildman–Crippen LogP) is 6.08. The van der Waals surface area contributed by atoms with Crippen molar-refractivity contribution in [1.29, 1.82) is 0 Å². The van der Waals surface area contributed by atoms with E-state index in [1.807, 2.05) is 60.7 Å². The van der Waals surface area contributed by atoms with Crippen LogP contribution in [0, 0.1) is 11.8 Å². The van der Waals surface area contributed by atoms with Crippen LogP contribution < -0.4 is 15.6 Å².